The first kappa shape index (κ1) is 17.1. The van der Waals surface area contributed by atoms with Crippen molar-refractivity contribution in [1.29, 1.82) is 0 Å². The minimum atomic E-state index is 0.108. The Morgan fingerprint density at radius 1 is 1.27 bits per heavy atom. The van der Waals surface area contributed by atoms with E-state index < -0.39 is 0 Å². The Morgan fingerprint density at radius 2 is 2.04 bits per heavy atom. The van der Waals surface area contributed by atoms with Crippen LogP contribution in [0.5, 0.6) is 5.75 Å². The molecule has 136 valence electrons. The maximum Gasteiger partial charge on any atom is 0.226 e. The van der Waals surface area contributed by atoms with Gasteiger partial charge in [-0.15, -0.1) is 11.3 Å². The first-order chi connectivity index (χ1) is 12.7. The van der Waals surface area contributed by atoms with Crippen LogP contribution in [0, 0.1) is 0 Å². The number of fused-ring (bicyclic) bond motifs is 1. The van der Waals surface area contributed by atoms with Gasteiger partial charge in [0.2, 0.25) is 5.91 Å². The third-order valence-corrected chi connectivity index (χ3v) is 5.87. The molecule has 3 aromatic rings. The summed E-state index contributed by atoms with van der Waals surface area (Å²) in [5.74, 6) is 0.936. The van der Waals surface area contributed by atoms with Gasteiger partial charge >= 0.3 is 0 Å². The highest BCUT2D eigenvalue weighted by Crippen LogP contribution is 2.25. The first-order valence-electron chi connectivity index (χ1n) is 9.12. The predicted octanol–water partition coefficient (Wildman–Crippen LogP) is 4.06. The van der Waals surface area contributed by atoms with Gasteiger partial charge in [-0.1, -0.05) is 19.3 Å². The molecule has 4 rings (SSSR count). The molecular weight excluding hydrogens is 346 g/mol. The number of nitrogens with zero attached hydrogens (tertiary/aromatic N) is 2. The summed E-state index contributed by atoms with van der Waals surface area (Å²) in [6, 6.07) is 8.22. The molecule has 0 atom stereocenters. The van der Waals surface area contributed by atoms with Crippen LogP contribution in [0.25, 0.3) is 16.2 Å². The van der Waals surface area contributed by atoms with Crippen molar-refractivity contribution in [3.8, 4) is 17.0 Å². The fraction of sp³-hybridized carbons (Fsp3) is 0.400. The molecule has 1 saturated carbocycles. The third kappa shape index (κ3) is 3.60. The van der Waals surface area contributed by atoms with E-state index in [2.05, 4.69) is 5.32 Å². The number of methoxy groups -OCH3 is 1. The van der Waals surface area contributed by atoms with Gasteiger partial charge in [-0.2, -0.15) is 0 Å². The van der Waals surface area contributed by atoms with Crippen LogP contribution < -0.4 is 10.1 Å². The first-order valence-corrected chi connectivity index (χ1v) is 10.00. The lowest BCUT2D eigenvalue weighted by Crippen LogP contribution is -2.37. The highest BCUT2D eigenvalue weighted by Gasteiger charge is 2.17. The summed E-state index contributed by atoms with van der Waals surface area (Å²) < 4.78 is 7.24. The molecule has 1 aliphatic rings. The smallest absolute Gasteiger partial charge is 0.226 e. The van der Waals surface area contributed by atoms with E-state index in [0.717, 1.165) is 40.5 Å². The van der Waals surface area contributed by atoms with Crippen molar-refractivity contribution in [1.82, 2.24) is 14.7 Å². The number of rotatable bonds is 5. The maximum absolute atomic E-state index is 12.4. The van der Waals surface area contributed by atoms with Crippen LogP contribution >= 0.6 is 11.3 Å². The monoisotopic (exact) mass is 369 g/mol. The van der Waals surface area contributed by atoms with Crippen LogP contribution in [0.3, 0.4) is 0 Å². The number of nitrogens with one attached hydrogen (secondary N) is 1. The van der Waals surface area contributed by atoms with E-state index in [-0.39, 0.29) is 5.91 Å². The Morgan fingerprint density at radius 3 is 2.77 bits per heavy atom. The van der Waals surface area contributed by atoms with Gasteiger partial charge in [0.1, 0.15) is 5.75 Å². The number of thiazole rings is 1. The van der Waals surface area contributed by atoms with Crippen molar-refractivity contribution in [2.24, 2.45) is 0 Å². The van der Waals surface area contributed by atoms with E-state index in [9.17, 15) is 4.79 Å². The topological polar surface area (TPSA) is 55.6 Å². The molecule has 5 nitrogen and oxygen atoms in total. The van der Waals surface area contributed by atoms with Gasteiger partial charge in [-0.05, 0) is 37.1 Å². The Kier molecular flexibility index (Phi) is 4.93. The minimum absolute atomic E-state index is 0.108. The van der Waals surface area contributed by atoms with E-state index >= 15 is 0 Å². The normalized spacial score (nSPS) is 15.3. The molecule has 0 unspecified atom stereocenters. The van der Waals surface area contributed by atoms with E-state index in [1.807, 2.05) is 40.2 Å². The number of amides is 1. The average molecular weight is 369 g/mol. The zero-order chi connectivity index (χ0) is 17.9. The Balaban J connectivity index is 1.49. The zero-order valence-electron chi connectivity index (χ0n) is 14.9. The van der Waals surface area contributed by atoms with Crippen molar-refractivity contribution in [2.45, 2.75) is 44.6 Å². The zero-order valence-corrected chi connectivity index (χ0v) is 15.7. The molecule has 1 aliphatic carbocycles. The molecule has 0 radical (unpaired) electrons. The molecule has 1 N–H and O–H groups in total. The Labute approximate surface area is 157 Å². The van der Waals surface area contributed by atoms with Gasteiger partial charge in [0.25, 0.3) is 0 Å². The third-order valence-electron chi connectivity index (χ3n) is 4.98. The number of ether oxygens (including phenoxy) is 1. The molecule has 0 bridgehead atoms. The van der Waals surface area contributed by atoms with Crippen molar-refractivity contribution < 1.29 is 9.53 Å². The van der Waals surface area contributed by atoms with E-state index in [4.69, 9.17) is 9.72 Å². The second kappa shape index (κ2) is 7.50. The number of benzene rings is 1. The van der Waals surface area contributed by atoms with Gasteiger partial charge in [0.05, 0.1) is 19.2 Å². The maximum atomic E-state index is 12.4. The van der Waals surface area contributed by atoms with Gasteiger partial charge in [0.15, 0.2) is 4.96 Å². The lowest BCUT2D eigenvalue weighted by atomic mass is 9.95. The molecule has 1 fully saturated rings. The minimum Gasteiger partial charge on any atom is -0.497 e. The fourth-order valence-electron chi connectivity index (χ4n) is 3.55. The molecule has 0 saturated heterocycles. The average Bonchev–Trinajstić information content (AvgIpc) is 3.25. The van der Waals surface area contributed by atoms with Crippen molar-refractivity contribution in [3.63, 3.8) is 0 Å². The van der Waals surface area contributed by atoms with Gasteiger partial charge in [0, 0.05) is 28.9 Å². The molecule has 0 spiro atoms. The van der Waals surface area contributed by atoms with Crippen LogP contribution in [0.1, 0.15) is 37.8 Å². The Bertz CT molecular complexity index is 892. The summed E-state index contributed by atoms with van der Waals surface area (Å²) in [6.07, 6.45) is 8.36. The molecule has 2 aromatic heterocycles. The molecular formula is C20H23N3O2S. The van der Waals surface area contributed by atoms with E-state index in [1.54, 1.807) is 18.4 Å². The van der Waals surface area contributed by atoms with E-state index in [1.165, 1.54) is 19.3 Å². The predicted molar refractivity (Wildman–Crippen MR) is 104 cm³/mol. The quantitative estimate of drug-likeness (QED) is 0.738. The van der Waals surface area contributed by atoms with Crippen molar-refractivity contribution in [2.75, 3.05) is 7.11 Å². The lowest BCUT2D eigenvalue weighted by Gasteiger charge is -2.22. The molecule has 6 heteroatoms. The van der Waals surface area contributed by atoms with Gasteiger partial charge in [-0.3, -0.25) is 9.20 Å². The SMILES string of the molecule is COc1ccc(-c2cn3c(CC(=O)NC4CCCCC4)csc3n2)cc1. The summed E-state index contributed by atoms with van der Waals surface area (Å²) in [7, 11) is 1.66. The van der Waals surface area contributed by atoms with E-state index in [0.29, 0.717) is 12.5 Å². The standard InChI is InChI=1S/C20H23N3O2S/c1-25-17-9-7-14(8-10-17)18-12-23-16(13-26-20(23)22-18)11-19(24)21-15-5-3-2-4-6-15/h7-10,12-13,15H,2-6,11H2,1H3,(H,21,24). The molecule has 26 heavy (non-hydrogen) atoms. The van der Waals surface area contributed by atoms with Crippen molar-refractivity contribution >= 4 is 22.2 Å². The fourth-order valence-corrected chi connectivity index (χ4v) is 4.42. The molecule has 0 aliphatic heterocycles. The van der Waals surface area contributed by atoms with Crippen LogP contribution in [0.4, 0.5) is 0 Å². The van der Waals surface area contributed by atoms with Gasteiger partial charge in [-0.25, -0.2) is 4.98 Å². The molecule has 2 heterocycles. The number of carbonyl (C=O) groups excluding carboxylic acids is 1. The van der Waals surface area contributed by atoms with Crippen molar-refractivity contribution in [3.05, 3.63) is 41.5 Å². The summed E-state index contributed by atoms with van der Waals surface area (Å²) in [4.78, 5) is 18.0. The molecule has 1 amide bonds. The second-order valence-electron chi connectivity index (χ2n) is 6.81. The Hall–Kier alpha value is -2.34. The number of carbonyl (C=O) groups is 1. The van der Waals surface area contributed by atoms with Gasteiger partial charge < -0.3 is 10.1 Å². The summed E-state index contributed by atoms with van der Waals surface area (Å²) in [5, 5.41) is 5.22. The van der Waals surface area contributed by atoms with Crippen LogP contribution in [0.2, 0.25) is 0 Å². The summed E-state index contributed by atoms with van der Waals surface area (Å²) >= 11 is 1.57. The summed E-state index contributed by atoms with van der Waals surface area (Å²) in [6.45, 7) is 0. The molecule has 1 aromatic carbocycles. The number of imidazole rings is 1. The number of hydrogen-bond acceptors (Lipinski definition) is 4. The lowest BCUT2D eigenvalue weighted by molar-refractivity contribution is -0.121. The largest absolute Gasteiger partial charge is 0.497 e. The highest BCUT2D eigenvalue weighted by molar-refractivity contribution is 7.15. The number of aromatic nitrogens is 2. The second-order valence-corrected chi connectivity index (χ2v) is 7.65. The highest BCUT2D eigenvalue weighted by atomic mass is 32.1. The van der Waals surface area contributed by atoms with Crippen LogP contribution in [0.15, 0.2) is 35.8 Å². The number of hydrogen-bond donors (Lipinski definition) is 1. The van der Waals surface area contributed by atoms with Crippen LogP contribution in [-0.2, 0) is 11.2 Å². The van der Waals surface area contributed by atoms with Crippen LogP contribution in [-0.4, -0.2) is 28.4 Å². The summed E-state index contributed by atoms with van der Waals surface area (Å²) in [5.41, 5.74) is 2.94.